The molecule has 0 aliphatic rings. The van der Waals surface area contributed by atoms with Crippen LogP contribution in [-0.4, -0.2) is 24.5 Å². The van der Waals surface area contributed by atoms with Crippen molar-refractivity contribution >= 4 is 37.5 Å². The van der Waals surface area contributed by atoms with E-state index in [1.165, 1.54) is 30.6 Å². The maximum atomic E-state index is 11.7. The number of H-pyrrole nitrogens is 1. The van der Waals surface area contributed by atoms with Gasteiger partial charge in [-0.05, 0) is 34.1 Å². The highest BCUT2D eigenvalue weighted by atomic mass is 79.9. The normalized spacial score (nSPS) is 11.3. The molecular weight excluding hydrogens is 336 g/mol. The number of amides is 1. The van der Waals surface area contributed by atoms with Gasteiger partial charge in [-0.1, -0.05) is 0 Å². The lowest BCUT2D eigenvalue weighted by Crippen LogP contribution is -2.14. The number of benzene rings is 1. The van der Waals surface area contributed by atoms with Gasteiger partial charge in [-0.25, -0.2) is 13.6 Å². The van der Waals surface area contributed by atoms with Crippen molar-refractivity contribution in [3.8, 4) is 0 Å². The number of hydrogen-bond donors (Lipinski definition) is 3. The molecule has 1 amide bonds. The maximum absolute atomic E-state index is 11.7. The second kappa shape index (κ2) is 5.11. The second-order valence-corrected chi connectivity index (χ2v) is 6.02. The topological polar surface area (TPSA) is 118 Å². The average molecular weight is 345 g/mol. The summed E-state index contributed by atoms with van der Waals surface area (Å²) in [5.41, 5.74) is 0.803. The number of carbonyl (C=O) groups excluding carboxylic acids is 1. The molecule has 0 atom stereocenters. The van der Waals surface area contributed by atoms with E-state index in [0.717, 1.165) is 0 Å². The average Bonchev–Trinajstić information content (AvgIpc) is 2.80. The molecule has 1 aromatic heterocycles. The number of rotatable bonds is 3. The fourth-order valence-corrected chi connectivity index (χ4v) is 3.03. The van der Waals surface area contributed by atoms with Gasteiger partial charge in [0, 0.05) is 16.4 Å². The minimum Gasteiger partial charge on any atom is -0.322 e. The van der Waals surface area contributed by atoms with Crippen LogP contribution in [0.15, 0.2) is 40.0 Å². The molecule has 100 valence electrons. The number of carbonyl (C=O) groups is 1. The van der Waals surface area contributed by atoms with Crippen molar-refractivity contribution in [3.05, 3.63) is 40.6 Å². The number of primary sulfonamides is 1. The van der Waals surface area contributed by atoms with Crippen molar-refractivity contribution in [1.82, 2.24) is 10.2 Å². The predicted molar refractivity (Wildman–Crippen MR) is 72.1 cm³/mol. The molecule has 0 spiro atoms. The number of aromatic nitrogens is 2. The molecule has 0 fully saturated rings. The van der Waals surface area contributed by atoms with Gasteiger partial charge in [-0.15, -0.1) is 0 Å². The van der Waals surface area contributed by atoms with Crippen molar-refractivity contribution < 1.29 is 13.2 Å². The summed E-state index contributed by atoms with van der Waals surface area (Å²) in [5, 5.41) is 13.8. The zero-order chi connectivity index (χ0) is 14.0. The molecule has 0 saturated heterocycles. The summed E-state index contributed by atoms with van der Waals surface area (Å²) in [4.78, 5) is 11.7. The maximum Gasteiger partial charge on any atom is 0.258 e. The van der Waals surface area contributed by atoms with Crippen molar-refractivity contribution in [1.29, 1.82) is 0 Å². The highest BCUT2D eigenvalue weighted by molar-refractivity contribution is 9.10. The number of hydrogen-bond acceptors (Lipinski definition) is 4. The number of nitrogens with zero attached hydrogens (tertiary/aromatic N) is 1. The molecule has 0 bridgehead atoms. The summed E-state index contributed by atoms with van der Waals surface area (Å²) < 4.78 is 22.7. The highest BCUT2D eigenvalue weighted by Crippen LogP contribution is 2.24. The van der Waals surface area contributed by atoms with Crippen LogP contribution < -0.4 is 10.5 Å². The SMILES string of the molecule is NS(=O)(=O)c1ccc(NC(=O)c2cn[nH]c2)cc1Br. The molecule has 2 aromatic rings. The van der Waals surface area contributed by atoms with Crippen LogP contribution in [-0.2, 0) is 10.0 Å². The molecule has 0 aliphatic heterocycles. The Hall–Kier alpha value is -1.71. The zero-order valence-corrected chi connectivity index (χ0v) is 11.8. The van der Waals surface area contributed by atoms with E-state index in [-0.39, 0.29) is 15.3 Å². The van der Waals surface area contributed by atoms with E-state index in [0.29, 0.717) is 11.3 Å². The van der Waals surface area contributed by atoms with Crippen molar-refractivity contribution in [2.45, 2.75) is 4.90 Å². The fourth-order valence-electron chi connectivity index (χ4n) is 1.39. The molecule has 4 N–H and O–H groups in total. The van der Waals surface area contributed by atoms with Gasteiger partial charge in [0.2, 0.25) is 10.0 Å². The van der Waals surface area contributed by atoms with E-state index in [1.807, 2.05) is 0 Å². The molecule has 2 rings (SSSR count). The first-order chi connectivity index (χ1) is 8.88. The molecule has 9 heteroatoms. The lowest BCUT2D eigenvalue weighted by molar-refractivity contribution is 0.102. The Bertz CT molecular complexity index is 712. The van der Waals surface area contributed by atoms with E-state index in [4.69, 9.17) is 5.14 Å². The Morgan fingerprint density at radius 1 is 1.42 bits per heavy atom. The predicted octanol–water partition coefficient (Wildman–Crippen LogP) is 1.07. The summed E-state index contributed by atoms with van der Waals surface area (Å²) >= 11 is 3.09. The van der Waals surface area contributed by atoms with Gasteiger partial charge in [-0.3, -0.25) is 9.89 Å². The quantitative estimate of drug-likeness (QED) is 0.771. The van der Waals surface area contributed by atoms with E-state index in [9.17, 15) is 13.2 Å². The van der Waals surface area contributed by atoms with E-state index >= 15 is 0 Å². The fraction of sp³-hybridized carbons (Fsp3) is 0. The largest absolute Gasteiger partial charge is 0.322 e. The van der Waals surface area contributed by atoms with Gasteiger partial charge in [0.1, 0.15) is 0 Å². The zero-order valence-electron chi connectivity index (χ0n) is 9.42. The van der Waals surface area contributed by atoms with Gasteiger partial charge in [0.25, 0.3) is 5.91 Å². The third kappa shape index (κ3) is 3.19. The lowest BCUT2D eigenvalue weighted by Gasteiger charge is -2.06. The van der Waals surface area contributed by atoms with Gasteiger partial charge >= 0.3 is 0 Å². The molecule has 0 saturated carbocycles. The number of anilines is 1. The first-order valence-electron chi connectivity index (χ1n) is 5.00. The molecule has 0 aliphatic carbocycles. The third-order valence-electron chi connectivity index (χ3n) is 2.26. The standard InChI is InChI=1S/C10H9BrN4O3S/c11-8-3-7(1-2-9(8)19(12,17)18)15-10(16)6-4-13-14-5-6/h1-5H,(H,13,14)(H,15,16)(H2,12,17,18). The monoisotopic (exact) mass is 344 g/mol. The summed E-state index contributed by atoms with van der Waals surface area (Å²) in [6.45, 7) is 0. The number of sulfonamides is 1. The van der Waals surface area contributed by atoms with E-state index < -0.39 is 10.0 Å². The summed E-state index contributed by atoms with van der Waals surface area (Å²) in [6, 6.07) is 4.21. The second-order valence-electron chi connectivity index (χ2n) is 3.63. The first-order valence-corrected chi connectivity index (χ1v) is 7.34. The van der Waals surface area contributed by atoms with Gasteiger partial charge in [0.05, 0.1) is 16.7 Å². The van der Waals surface area contributed by atoms with Crippen LogP contribution in [0.3, 0.4) is 0 Å². The lowest BCUT2D eigenvalue weighted by atomic mass is 10.3. The van der Waals surface area contributed by atoms with Crippen LogP contribution >= 0.6 is 15.9 Å². The van der Waals surface area contributed by atoms with Gasteiger partial charge in [0.15, 0.2) is 0 Å². The van der Waals surface area contributed by atoms with Crippen LogP contribution in [0.25, 0.3) is 0 Å². The molecular formula is C10H9BrN4O3S. The molecule has 0 radical (unpaired) electrons. The van der Waals surface area contributed by atoms with Crippen LogP contribution in [0, 0.1) is 0 Å². The number of halogens is 1. The summed E-state index contributed by atoms with van der Waals surface area (Å²) in [6.07, 6.45) is 2.83. The third-order valence-corrected chi connectivity index (χ3v) is 4.14. The van der Waals surface area contributed by atoms with Gasteiger partial charge in [-0.2, -0.15) is 5.10 Å². The van der Waals surface area contributed by atoms with Crippen molar-refractivity contribution in [2.24, 2.45) is 5.14 Å². The number of aromatic amines is 1. The molecule has 1 aromatic carbocycles. The Labute approximate surface area is 117 Å². The minimum atomic E-state index is -3.80. The highest BCUT2D eigenvalue weighted by Gasteiger charge is 2.14. The Morgan fingerprint density at radius 3 is 2.68 bits per heavy atom. The van der Waals surface area contributed by atoms with Crippen LogP contribution in [0.2, 0.25) is 0 Å². The van der Waals surface area contributed by atoms with Crippen LogP contribution in [0.5, 0.6) is 0 Å². The summed E-state index contributed by atoms with van der Waals surface area (Å²) in [5.74, 6) is -0.357. The van der Waals surface area contributed by atoms with E-state index in [2.05, 4.69) is 31.4 Å². The van der Waals surface area contributed by atoms with Crippen LogP contribution in [0.1, 0.15) is 10.4 Å². The molecule has 0 unspecified atom stereocenters. The Balaban J connectivity index is 2.24. The Morgan fingerprint density at radius 2 is 2.16 bits per heavy atom. The van der Waals surface area contributed by atoms with Crippen molar-refractivity contribution in [2.75, 3.05) is 5.32 Å². The minimum absolute atomic E-state index is 0.0474. The van der Waals surface area contributed by atoms with Crippen molar-refractivity contribution in [3.63, 3.8) is 0 Å². The number of nitrogens with two attached hydrogens (primary N) is 1. The summed E-state index contributed by atoms with van der Waals surface area (Å²) in [7, 11) is -3.80. The number of nitrogens with one attached hydrogen (secondary N) is 2. The van der Waals surface area contributed by atoms with Crippen LogP contribution in [0.4, 0.5) is 5.69 Å². The molecule has 1 heterocycles. The molecule has 19 heavy (non-hydrogen) atoms. The Kier molecular flexibility index (Phi) is 3.69. The van der Waals surface area contributed by atoms with E-state index in [1.54, 1.807) is 0 Å². The smallest absolute Gasteiger partial charge is 0.258 e. The molecule has 7 nitrogen and oxygen atoms in total. The first kappa shape index (κ1) is 13.7. The van der Waals surface area contributed by atoms with Gasteiger partial charge < -0.3 is 5.32 Å².